The average molecular weight is 589 g/mol. The number of benzene rings is 7. The van der Waals surface area contributed by atoms with Crippen molar-refractivity contribution in [3.05, 3.63) is 192 Å². The molecule has 216 valence electrons. The summed E-state index contributed by atoms with van der Waals surface area (Å²) in [6, 6.07) is 60.6. The Balaban J connectivity index is 1.23. The fourth-order valence-corrected chi connectivity index (χ4v) is 7.59. The third-order valence-corrected chi connectivity index (χ3v) is 9.63. The molecule has 9 rings (SSSR count). The molecule has 0 saturated heterocycles. The molecule has 0 fully saturated rings. The Hall–Kier alpha value is -5.99. The van der Waals surface area contributed by atoms with Crippen LogP contribution in [-0.2, 0) is 5.41 Å². The van der Waals surface area contributed by atoms with Gasteiger partial charge in [0.1, 0.15) is 17.9 Å². The van der Waals surface area contributed by atoms with E-state index >= 15 is 0 Å². The van der Waals surface area contributed by atoms with Crippen LogP contribution in [-0.4, -0.2) is 6.72 Å². The predicted molar refractivity (Wildman–Crippen MR) is 191 cm³/mol. The van der Waals surface area contributed by atoms with Gasteiger partial charge in [-0.3, -0.25) is 0 Å². The molecular weight excluding hydrogens is 558 g/mol. The van der Waals surface area contributed by atoms with Crippen molar-refractivity contribution in [2.24, 2.45) is 0 Å². The number of hydrogen-bond donors (Lipinski definition) is 0. The highest BCUT2D eigenvalue weighted by Gasteiger charge is 2.48. The summed E-state index contributed by atoms with van der Waals surface area (Å²) in [6.07, 6.45) is 0. The van der Waals surface area contributed by atoms with Crippen LogP contribution in [0.1, 0.15) is 22.3 Å². The highest BCUT2D eigenvalue weighted by molar-refractivity contribution is 6.07. The molecule has 0 spiro atoms. The van der Waals surface area contributed by atoms with Crippen molar-refractivity contribution < 1.29 is 4.42 Å². The highest BCUT2D eigenvalue weighted by Crippen LogP contribution is 2.57. The molecule has 2 heteroatoms. The van der Waals surface area contributed by atoms with Gasteiger partial charge in [-0.15, -0.1) is 0 Å². The molecule has 8 aromatic rings. The van der Waals surface area contributed by atoms with Gasteiger partial charge in [-0.1, -0.05) is 133 Å². The van der Waals surface area contributed by atoms with Gasteiger partial charge in [-0.05, 0) is 57.1 Å². The van der Waals surface area contributed by atoms with Crippen LogP contribution in [0.3, 0.4) is 0 Å². The van der Waals surface area contributed by atoms with Crippen LogP contribution in [0.25, 0.3) is 44.2 Å². The lowest BCUT2D eigenvalue weighted by Gasteiger charge is -2.33. The first kappa shape index (κ1) is 26.4. The van der Waals surface area contributed by atoms with Crippen molar-refractivity contribution in [1.82, 2.24) is 4.58 Å². The standard InChI is InChI=1S/C44H30NO/c1-45(33-25-26-36-37-28-31(30-14-4-2-5-15-30)24-27-42(37)46-43(36)29-33)41-23-13-12-22-40(41)44(32-16-6-3-7-17-32)38-20-10-8-18-34(38)35-19-9-11-21-39(35)44/h2-29H,1H2/q+1. The van der Waals surface area contributed by atoms with Gasteiger partial charge in [-0.25, -0.2) is 0 Å². The smallest absolute Gasteiger partial charge is 0.215 e. The Labute approximate surface area is 268 Å². The molecule has 2 nitrogen and oxygen atoms in total. The van der Waals surface area contributed by atoms with Gasteiger partial charge in [0, 0.05) is 28.5 Å². The second-order valence-corrected chi connectivity index (χ2v) is 12.0. The summed E-state index contributed by atoms with van der Waals surface area (Å²) < 4.78 is 8.49. The minimum Gasteiger partial charge on any atom is -0.456 e. The third-order valence-electron chi connectivity index (χ3n) is 9.63. The van der Waals surface area contributed by atoms with Crippen molar-refractivity contribution in [2.45, 2.75) is 5.41 Å². The monoisotopic (exact) mass is 588 g/mol. The zero-order chi connectivity index (χ0) is 30.7. The molecule has 0 N–H and O–H groups in total. The molecule has 1 aliphatic rings. The largest absolute Gasteiger partial charge is 0.456 e. The van der Waals surface area contributed by atoms with Gasteiger partial charge < -0.3 is 4.42 Å². The van der Waals surface area contributed by atoms with Crippen LogP contribution in [0, 0.1) is 0 Å². The van der Waals surface area contributed by atoms with Gasteiger partial charge in [0.15, 0.2) is 0 Å². The Kier molecular flexibility index (Phi) is 5.91. The Morgan fingerprint density at radius 1 is 0.457 bits per heavy atom. The maximum absolute atomic E-state index is 6.43. The summed E-state index contributed by atoms with van der Waals surface area (Å²) in [5.41, 5.74) is 13.1. The lowest BCUT2D eigenvalue weighted by atomic mass is 9.67. The lowest BCUT2D eigenvalue weighted by molar-refractivity contribution is 0.668. The predicted octanol–water partition coefficient (Wildman–Crippen LogP) is 11.2. The van der Waals surface area contributed by atoms with Crippen molar-refractivity contribution in [3.8, 4) is 22.3 Å². The van der Waals surface area contributed by atoms with Crippen molar-refractivity contribution in [2.75, 3.05) is 0 Å². The molecule has 1 aromatic heterocycles. The maximum Gasteiger partial charge on any atom is 0.215 e. The lowest BCUT2D eigenvalue weighted by Crippen LogP contribution is -2.30. The molecule has 0 bridgehead atoms. The van der Waals surface area contributed by atoms with E-state index in [-0.39, 0.29) is 0 Å². The number of furan rings is 1. The van der Waals surface area contributed by atoms with E-state index in [0.29, 0.717) is 0 Å². The van der Waals surface area contributed by atoms with Gasteiger partial charge in [0.2, 0.25) is 11.4 Å². The van der Waals surface area contributed by atoms with E-state index in [0.717, 1.165) is 33.3 Å². The molecule has 7 aromatic carbocycles. The topological polar surface area (TPSA) is 16.1 Å². The summed E-state index contributed by atoms with van der Waals surface area (Å²) in [4.78, 5) is 0. The minimum absolute atomic E-state index is 0.516. The molecule has 46 heavy (non-hydrogen) atoms. The van der Waals surface area contributed by atoms with Crippen LogP contribution in [0.4, 0.5) is 11.4 Å². The first-order valence-electron chi connectivity index (χ1n) is 15.7. The first-order valence-corrected chi connectivity index (χ1v) is 15.7. The maximum atomic E-state index is 6.43. The second-order valence-electron chi connectivity index (χ2n) is 12.0. The molecule has 1 aliphatic carbocycles. The number of para-hydroxylation sites is 1. The molecular formula is C44H30NO+. The molecule has 1 heterocycles. The second kappa shape index (κ2) is 10.3. The van der Waals surface area contributed by atoms with E-state index in [1.54, 1.807) is 0 Å². The highest BCUT2D eigenvalue weighted by atomic mass is 16.3. The number of hydrogen-bond acceptors (Lipinski definition) is 1. The van der Waals surface area contributed by atoms with Crippen LogP contribution in [0.5, 0.6) is 0 Å². The quantitative estimate of drug-likeness (QED) is 0.144. The summed E-state index contributed by atoms with van der Waals surface area (Å²) in [7, 11) is 0. The third kappa shape index (κ3) is 3.80. The van der Waals surface area contributed by atoms with Crippen molar-refractivity contribution in [3.63, 3.8) is 0 Å². The van der Waals surface area contributed by atoms with E-state index in [2.05, 4.69) is 175 Å². The summed E-state index contributed by atoms with van der Waals surface area (Å²) in [5, 5.41) is 2.21. The summed E-state index contributed by atoms with van der Waals surface area (Å²) in [6.45, 7) is 4.65. The van der Waals surface area contributed by atoms with Crippen LogP contribution in [0.2, 0.25) is 0 Å². The van der Waals surface area contributed by atoms with E-state index in [1.807, 2.05) is 6.07 Å². The number of fused-ring (bicyclic) bond motifs is 6. The normalized spacial score (nSPS) is 13.0. The van der Waals surface area contributed by atoms with Gasteiger partial charge in [0.05, 0.1) is 11.5 Å². The summed E-state index contributed by atoms with van der Waals surface area (Å²) >= 11 is 0. The van der Waals surface area contributed by atoms with Gasteiger partial charge in [0.25, 0.3) is 0 Å². The Morgan fingerprint density at radius 3 is 1.78 bits per heavy atom. The molecule has 0 saturated carbocycles. The molecule has 0 unspecified atom stereocenters. The zero-order valence-electron chi connectivity index (χ0n) is 25.2. The van der Waals surface area contributed by atoms with Crippen LogP contribution < -0.4 is 4.58 Å². The summed E-state index contributed by atoms with van der Waals surface area (Å²) in [5.74, 6) is 0. The fraction of sp³-hybridized carbons (Fsp3) is 0.0227. The Bertz CT molecular complexity index is 2390. The molecule has 0 amide bonds. The van der Waals surface area contributed by atoms with Crippen molar-refractivity contribution in [1.29, 1.82) is 0 Å². The van der Waals surface area contributed by atoms with Crippen LogP contribution in [0.15, 0.2) is 174 Å². The molecule has 0 aliphatic heterocycles. The molecule has 0 radical (unpaired) electrons. The van der Waals surface area contributed by atoms with Gasteiger partial charge >= 0.3 is 0 Å². The zero-order valence-corrected chi connectivity index (χ0v) is 25.2. The Morgan fingerprint density at radius 2 is 1.07 bits per heavy atom. The SMILES string of the molecule is C=[N+](c1ccc2c(c1)oc1ccc(-c3ccccc3)cc12)c1ccccc1C1(c2ccccc2)c2ccccc2-c2ccccc21. The molecule has 0 atom stereocenters. The van der Waals surface area contributed by atoms with Gasteiger partial charge in [-0.2, -0.15) is 4.58 Å². The van der Waals surface area contributed by atoms with E-state index in [9.17, 15) is 0 Å². The fourth-order valence-electron chi connectivity index (χ4n) is 7.59. The number of rotatable bonds is 5. The van der Waals surface area contributed by atoms with Crippen LogP contribution >= 0.6 is 0 Å². The van der Waals surface area contributed by atoms with E-state index in [1.165, 1.54) is 44.5 Å². The van der Waals surface area contributed by atoms with E-state index < -0.39 is 5.41 Å². The average Bonchev–Trinajstić information content (AvgIpc) is 3.65. The minimum atomic E-state index is -0.516. The number of nitrogens with zero attached hydrogens (tertiary/aromatic N) is 1. The first-order chi connectivity index (χ1) is 22.7. The van der Waals surface area contributed by atoms with Crippen molar-refractivity contribution >= 4 is 40.0 Å². The van der Waals surface area contributed by atoms with E-state index in [4.69, 9.17) is 4.42 Å².